The standard InChI is InChI=1S/C64H64N4O3/c1-43-36-57(71-10)34-35-58(43)67(52-24-18-13-19-25-52)61-39-49(7)64(42-46(61)4)68(62-40-44(2)59(37-47(62)5)65(50-20-14-11-15-21-50)53-26-30-55(69-8)31-27-53)63-41-45(3)60(38-48(63)6)66(51-22-16-12-17-23-51)54-28-32-56(70-9)33-29-54/h11-35,37-43H,36H2,1-10H3. The maximum atomic E-state index is 5.73. The van der Waals surface area contributed by atoms with E-state index in [9.17, 15) is 0 Å². The van der Waals surface area contributed by atoms with Gasteiger partial charge in [0.25, 0.3) is 0 Å². The number of anilines is 11. The summed E-state index contributed by atoms with van der Waals surface area (Å²) >= 11 is 0. The lowest BCUT2D eigenvalue weighted by molar-refractivity contribution is 0.265. The third-order valence-electron chi connectivity index (χ3n) is 13.7. The van der Waals surface area contributed by atoms with Crippen molar-refractivity contribution in [3.05, 3.63) is 233 Å². The molecule has 0 saturated carbocycles. The molecule has 358 valence electrons. The largest absolute Gasteiger partial charge is 0.501 e. The van der Waals surface area contributed by atoms with Gasteiger partial charge in [-0.15, -0.1) is 0 Å². The first kappa shape index (κ1) is 47.9. The smallest absolute Gasteiger partial charge is 0.119 e. The Balaban J connectivity index is 1.25. The van der Waals surface area contributed by atoms with Crippen molar-refractivity contribution in [3.8, 4) is 11.5 Å². The average Bonchev–Trinajstić information content (AvgIpc) is 3.39. The molecule has 7 heteroatoms. The fraction of sp³-hybridized carbons (Fsp3) is 0.188. The van der Waals surface area contributed by atoms with Crippen molar-refractivity contribution >= 4 is 62.6 Å². The fourth-order valence-corrected chi connectivity index (χ4v) is 9.93. The Morgan fingerprint density at radius 1 is 0.338 bits per heavy atom. The molecule has 1 aliphatic carbocycles. The van der Waals surface area contributed by atoms with Gasteiger partial charge in [0, 0.05) is 80.6 Å². The van der Waals surface area contributed by atoms with Crippen LogP contribution in [0.4, 0.5) is 62.6 Å². The van der Waals surface area contributed by atoms with E-state index < -0.39 is 0 Å². The van der Waals surface area contributed by atoms with Crippen LogP contribution < -0.4 is 29.1 Å². The van der Waals surface area contributed by atoms with Crippen molar-refractivity contribution in [2.75, 3.05) is 40.9 Å². The van der Waals surface area contributed by atoms with Crippen LogP contribution in [0.25, 0.3) is 0 Å². The van der Waals surface area contributed by atoms with Crippen LogP contribution in [0.15, 0.2) is 200 Å². The first-order valence-electron chi connectivity index (χ1n) is 24.4. The number of allylic oxidation sites excluding steroid dienone is 4. The number of methoxy groups -OCH3 is 3. The summed E-state index contributed by atoms with van der Waals surface area (Å²) in [7, 11) is 5.18. The Labute approximate surface area is 421 Å². The Kier molecular flexibility index (Phi) is 14.0. The molecule has 0 saturated heterocycles. The van der Waals surface area contributed by atoms with E-state index in [4.69, 9.17) is 14.2 Å². The second-order valence-electron chi connectivity index (χ2n) is 18.6. The van der Waals surface area contributed by atoms with Crippen LogP contribution in [-0.4, -0.2) is 21.3 Å². The topological polar surface area (TPSA) is 40.7 Å². The predicted molar refractivity (Wildman–Crippen MR) is 298 cm³/mol. The fourth-order valence-electron chi connectivity index (χ4n) is 9.93. The lowest BCUT2D eigenvalue weighted by Gasteiger charge is -2.36. The number of nitrogens with zero attached hydrogens (tertiary/aromatic N) is 4. The molecule has 0 aliphatic heterocycles. The van der Waals surface area contributed by atoms with Crippen molar-refractivity contribution in [1.29, 1.82) is 0 Å². The van der Waals surface area contributed by atoms with Crippen LogP contribution in [-0.2, 0) is 4.74 Å². The summed E-state index contributed by atoms with van der Waals surface area (Å²) in [6.07, 6.45) is 5.18. The minimum atomic E-state index is 0.237. The second kappa shape index (κ2) is 20.8. The molecule has 9 rings (SSSR count). The van der Waals surface area contributed by atoms with E-state index in [2.05, 4.69) is 232 Å². The monoisotopic (exact) mass is 936 g/mol. The third kappa shape index (κ3) is 9.73. The summed E-state index contributed by atoms with van der Waals surface area (Å²) in [4.78, 5) is 9.61. The van der Waals surface area contributed by atoms with E-state index in [0.29, 0.717) is 0 Å². The van der Waals surface area contributed by atoms with Crippen molar-refractivity contribution in [2.45, 2.75) is 54.9 Å². The van der Waals surface area contributed by atoms with Gasteiger partial charge in [-0.05, 0) is 208 Å². The van der Waals surface area contributed by atoms with Crippen molar-refractivity contribution in [2.24, 2.45) is 5.92 Å². The summed E-state index contributed by atoms with van der Waals surface area (Å²) in [6, 6.07) is 62.7. The number of benzene rings is 8. The Morgan fingerprint density at radius 3 is 0.944 bits per heavy atom. The summed E-state index contributed by atoms with van der Waals surface area (Å²) in [5, 5.41) is 0. The maximum absolute atomic E-state index is 5.73. The summed E-state index contributed by atoms with van der Waals surface area (Å²) < 4.78 is 16.9. The quantitative estimate of drug-likeness (QED) is 0.101. The minimum Gasteiger partial charge on any atom is -0.501 e. The molecule has 0 bridgehead atoms. The van der Waals surface area contributed by atoms with Crippen molar-refractivity contribution < 1.29 is 14.2 Å². The summed E-state index contributed by atoms with van der Waals surface area (Å²) in [6.45, 7) is 15.7. The van der Waals surface area contributed by atoms with E-state index in [-0.39, 0.29) is 5.92 Å². The van der Waals surface area contributed by atoms with Crippen LogP contribution >= 0.6 is 0 Å². The summed E-state index contributed by atoms with van der Waals surface area (Å²) in [5.74, 6) is 2.87. The molecule has 0 amide bonds. The second-order valence-corrected chi connectivity index (χ2v) is 18.6. The molecule has 8 aromatic carbocycles. The number of ether oxygens (including phenoxy) is 3. The molecule has 7 nitrogen and oxygen atoms in total. The molecule has 8 aromatic rings. The Bertz CT molecular complexity index is 3060. The molecule has 1 atom stereocenters. The Hall–Kier alpha value is -8.16. The van der Waals surface area contributed by atoms with Crippen LogP contribution in [0.5, 0.6) is 11.5 Å². The zero-order valence-electron chi connectivity index (χ0n) is 42.7. The SMILES string of the molecule is COC1=CC=C(N(c2ccccc2)c2cc(C)c(N(c3cc(C)c(N(c4ccccc4)c4ccc(OC)cc4)cc3C)c3cc(C)c(N(c4ccccc4)c4ccc(OC)cc4)cc3C)cc2C)C(C)C1. The normalized spacial score (nSPS) is 13.2. The Morgan fingerprint density at radius 2 is 0.634 bits per heavy atom. The maximum Gasteiger partial charge on any atom is 0.119 e. The van der Waals surface area contributed by atoms with Crippen LogP contribution in [0.1, 0.15) is 46.7 Å². The van der Waals surface area contributed by atoms with Gasteiger partial charge < -0.3 is 33.8 Å². The van der Waals surface area contributed by atoms with E-state index in [0.717, 1.165) is 120 Å². The minimum absolute atomic E-state index is 0.237. The van der Waals surface area contributed by atoms with Gasteiger partial charge in [0.15, 0.2) is 0 Å². The van der Waals surface area contributed by atoms with Gasteiger partial charge in [0.1, 0.15) is 11.5 Å². The zero-order valence-corrected chi connectivity index (χ0v) is 42.7. The van der Waals surface area contributed by atoms with Gasteiger partial charge in [-0.25, -0.2) is 0 Å². The highest BCUT2D eigenvalue weighted by atomic mass is 16.5. The average molecular weight is 937 g/mol. The molecule has 71 heavy (non-hydrogen) atoms. The molecule has 0 aromatic heterocycles. The van der Waals surface area contributed by atoms with E-state index in [1.807, 2.05) is 24.3 Å². The van der Waals surface area contributed by atoms with Crippen LogP contribution in [0.3, 0.4) is 0 Å². The highest BCUT2D eigenvalue weighted by molar-refractivity contribution is 5.90. The lowest BCUT2D eigenvalue weighted by atomic mass is 9.94. The molecule has 0 fully saturated rings. The van der Waals surface area contributed by atoms with Crippen LogP contribution in [0.2, 0.25) is 0 Å². The van der Waals surface area contributed by atoms with Gasteiger partial charge in [-0.2, -0.15) is 0 Å². The number of aryl methyl sites for hydroxylation is 6. The lowest BCUT2D eigenvalue weighted by Crippen LogP contribution is -2.24. The molecule has 1 unspecified atom stereocenters. The zero-order chi connectivity index (χ0) is 49.8. The van der Waals surface area contributed by atoms with E-state index in [1.54, 1.807) is 21.3 Å². The molecule has 0 spiro atoms. The van der Waals surface area contributed by atoms with Gasteiger partial charge in [0.05, 0.1) is 27.1 Å². The third-order valence-corrected chi connectivity index (χ3v) is 13.7. The van der Waals surface area contributed by atoms with Gasteiger partial charge in [-0.3, -0.25) is 0 Å². The molecule has 1 aliphatic rings. The van der Waals surface area contributed by atoms with Crippen molar-refractivity contribution in [3.63, 3.8) is 0 Å². The number of para-hydroxylation sites is 3. The molecular weight excluding hydrogens is 873 g/mol. The van der Waals surface area contributed by atoms with Crippen molar-refractivity contribution in [1.82, 2.24) is 0 Å². The molecule has 0 radical (unpaired) electrons. The number of hydrogen-bond acceptors (Lipinski definition) is 7. The first-order chi connectivity index (χ1) is 34.5. The van der Waals surface area contributed by atoms with Gasteiger partial charge in [0.2, 0.25) is 0 Å². The van der Waals surface area contributed by atoms with Crippen LogP contribution in [0, 0.1) is 47.5 Å². The highest BCUT2D eigenvalue weighted by Gasteiger charge is 2.29. The van der Waals surface area contributed by atoms with E-state index >= 15 is 0 Å². The summed E-state index contributed by atoms with van der Waals surface area (Å²) in [5.41, 5.74) is 20.1. The molecule has 0 N–H and O–H groups in total. The molecule has 0 heterocycles. The first-order valence-corrected chi connectivity index (χ1v) is 24.4. The van der Waals surface area contributed by atoms with Gasteiger partial charge in [-0.1, -0.05) is 61.5 Å². The molecular formula is C64H64N4O3. The highest BCUT2D eigenvalue weighted by Crippen LogP contribution is 2.49. The number of rotatable bonds is 15. The number of hydrogen-bond donors (Lipinski definition) is 0. The predicted octanol–water partition coefficient (Wildman–Crippen LogP) is 17.6. The van der Waals surface area contributed by atoms with Gasteiger partial charge >= 0.3 is 0 Å². The van der Waals surface area contributed by atoms with E-state index in [1.165, 1.54) is 5.70 Å².